The smallest absolute Gasteiger partial charge is 0.325 e. The molecule has 0 aliphatic carbocycles. The minimum absolute atomic E-state index is 0.131. The van der Waals surface area contributed by atoms with Crippen LogP contribution in [0.4, 0.5) is 4.79 Å². The summed E-state index contributed by atoms with van der Waals surface area (Å²) in [5.41, 5.74) is 4.37. The van der Waals surface area contributed by atoms with E-state index in [0.29, 0.717) is 24.5 Å². The molecule has 3 aromatic rings. The van der Waals surface area contributed by atoms with Gasteiger partial charge in [-0.15, -0.1) is 0 Å². The van der Waals surface area contributed by atoms with E-state index in [-0.39, 0.29) is 24.6 Å². The van der Waals surface area contributed by atoms with Crippen LogP contribution in [-0.4, -0.2) is 55.2 Å². The summed E-state index contributed by atoms with van der Waals surface area (Å²) in [6.45, 7) is 0.908. The molecule has 2 atom stereocenters. The molecule has 3 amide bonds. The molecular weight excluding hydrogens is 442 g/mol. The number of hydrogen-bond acceptors (Lipinski definition) is 5. The van der Waals surface area contributed by atoms with Crippen molar-refractivity contribution in [3.05, 3.63) is 95.1 Å². The van der Waals surface area contributed by atoms with Crippen LogP contribution in [0, 0.1) is 0 Å². The number of imide groups is 1. The number of nitrogens with one attached hydrogen (secondary N) is 1. The molecule has 180 valence electrons. The Balaban J connectivity index is 1.44. The van der Waals surface area contributed by atoms with Crippen molar-refractivity contribution in [1.29, 1.82) is 0 Å². The fourth-order valence-electron chi connectivity index (χ4n) is 5.06. The number of benzene rings is 3. The maximum absolute atomic E-state index is 13.2. The summed E-state index contributed by atoms with van der Waals surface area (Å²) < 4.78 is 11.1. The van der Waals surface area contributed by atoms with Gasteiger partial charge in [0.2, 0.25) is 0 Å². The number of hydrogen-bond donors (Lipinski definition) is 1. The molecule has 1 saturated heterocycles. The van der Waals surface area contributed by atoms with Crippen molar-refractivity contribution in [3.63, 3.8) is 0 Å². The number of ether oxygens (including phenoxy) is 2. The second kappa shape index (κ2) is 9.80. The Hall–Kier alpha value is -3.84. The van der Waals surface area contributed by atoms with Crippen molar-refractivity contribution in [2.45, 2.75) is 24.9 Å². The van der Waals surface area contributed by atoms with Gasteiger partial charge in [-0.3, -0.25) is 9.69 Å². The van der Waals surface area contributed by atoms with Crippen molar-refractivity contribution < 1.29 is 19.1 Å². The lowest BCUT2D eigenvalue weighted by Gasteiger charge is -2.39. The quantitative estimate of drug-likeness (QED) is 0.531. The molecule has 0 spiro atoms. The van der Waals surface area contributed by atoms with E-state index in [9.17, 15) is 9.59 Å². The summed E-state index contributed by atoms with van der Waals surface area (Å²) in [5.74, 6) is 1.17. The van der Waals surface area contributed by atoms with Gasteiger partial charge in [-0.1, -0.05) is 60.7 Å². The van der Waals surface area contributed by atoms with Crippen LogP contribution in [-0.2, 0) is 17.6 Å². The predicted octanol–water partition coefficient (Wildman–Crippen LogP) is 3.77. The molecule has 2 heterocycles. The highest BCUT2D eigenvalue weighted by atomic mass is 16.5. The minimum atomic E-state index is -0.554. The Morgan fingerprint density at radius 2 is 1.57 bits per heavy atom. The van der Waals surface area contributed by atoms with Gasteiger partial charge in [-0.2, -0.15) is 0 Å². The molecular formula is C28H29N3O4. The van der Waals surface area contributed by atoms with E-state index >= 15 is 0 Å². The third kappa shape index (κ3) is 4.47. The maximum atomic E-state index is 13.2. The van der Waals surface area contributed by atoms with Crippen molar-refractivity contribution in [1.82, 2.24) is 15.1 Å². The van der Waals surface area contributed by atoms with Gasteiger partial charge in [0.15, 0.2) is 11.5 Å². The Kier molecular flexibility index (Phi) is 6.42. The molecule has 3 aromatic carbocycles. The molecule has 0 unspecified atom stereocenters. The molecule has 7 nitrogen and oxygen atoms in total. The third-order valence-corrected chi connectivity index (χ3v) is 6.80. The number of nitrogens with zero attached hydrogens (tertiary/aromatic N) is 2. The molecule has 35 heavy (non-hydrogen) atoms. The average molecular weight is 472 g/mol. The van der Waals surface area contributed by atoms with E-state index in [1.807, 2.05) is 60.7 Å². The zero-order chi connectivity index (χ0) is 24.4. The van der Waals surface area contributed by atoms with Gasteiger partial charge in [0.05, 0.1) is 26.9 Å². The average Bonchev–Trinajstić information content (AvgIpc) is 3.16. The van der Waals surface area contributed by atoms with Crippen LogP contribution in [0.2, 0.25) is 0 Å². The zero-order valence-electron chi connectivity index (χ0n) is 19.9. The largest absolute Gasteiger partial charge is 0.493 e. The number of amides is 3. The zero-order valence-corrected chi connectivity index (χ0v) is 19.9. The molecule has 0 bridgehead atoms. The maximum Gasteiger partial charge on any atom is 0.325 e. The van der Waals surface area contributed by atoms with E-state index in [0.717, 1.165) is 23.1 Å². The van der Waals surface area contributed by atoms with Gasteiger partial charge in [0, 0.05) is 13.0 Å². The van der Waals surface area contributed by atoms with Gasteiger partial charge in [0.25, 0.3) is 5.91 Å². The van der Waals surface area contributed by atoms with Crippen molar-refractivity contribution >= 4 is 11.9 Å². The number of methoxy groups -OCH3 is 2. The van der Waals surface area contributed by atoms with Gasteiger partial charge in [-0.25, -0.2) is 9.69 Å². The lowest BCUT2D eigenvalue weighted by molar-refractivity contribution is -0.129. The number of carbonyl (C=O) groups excluding carboxylic acids is 2. The first kappa shape index (κ1) is 22.9. The van der Waals surface area contributed by atoms with Gasteiger partial charge >= 0.3 is 6.03 Å². The molecule has 1 N–H and O–H groups in total. The Labute approximate surface area is 205 Å². The first-order chi connectivity index (χ1) is 17.1. The molecule has 2 aliphatic heterocycles. The lowest BCUT2D eigenvalue weighted by atomic mass is 9.88. The van der Waals surface area contributed by atoms with Crippen molar-refractivity contribution in [3.8, 4) is 11.5 Å². The van der Waals surface area contributed by atoms with Crippen LogP contribution in [0.3, 0.4) is 0 Å². The highest BCUT2D eigenvalue weighted by Gasteiger charge is 2.41. The van der Waals surface area contributed by atoms with Gasteiger partial charge in [-0.05, 0) is 40.8 Å². The lowest BCUT2D eigenvalue weighted by Crippen LogP contribution is -2.46. The van der Waals surface area contributed by atoms with Gasteiger partial charge in [0.1, 0.15) is 6.04 Å². The molecule has 2 aliphatic rings. The van der Waals surface area contributed by atoms with Crippen molar-refractivity contribution in [2.75, 3.05) is 27.4 Å². The van der Waals surface area contributed by atoms with Crippen molar-refractivity contribution in [2.24, 2.45) is 0 Å². The summed E-state index contributed by atoms with van der Waals surface area (Å²) in [7, 11) is 3.26. The summed E-state index contributed by atoms with van der Waals surface area (Å²) in [4.78, 5) is 29.6. The highest BCUT2D eigenvalue weighted by Crippen LogP contribution is 2.41. The second-order valence-electron chi connectivity index (χ2n) is 8.88. The van der Waals surface area contributed by atoms with E-state index < -0.39 is 6.04 Å². The minimum Gasteiger partial charge on any atom is -0.493 e. The molecule has 5 rings (SSSR count). The summed E-state index contributed by atoms with van der Waals surface area (Å²) >= 11 is 0. The van der Waals surface area contributed by atoms with Crippen LogP contribution >= 0.6 is 0 Å². The van der Waals surface area contributed by atoms with E-state index in [4.69, 9.17) is 9.47 Å². The summed E-state index contributed by atoms with van der Waals surface area (Å²) in [6.07, 6.45) is 1.25. The van der Waals surface area contributed by atoms with Gasteiger partial charge < -0.3 is 14.8 Å². The standard InChI is InChI=1S/C28H29N3O4/c1-34-24-16-21-13-14-30(26(20-11-7-4-8-12-20)22(21)17-25(24)35-2)18-31-27(32)23(29-28(31)33)15-19-9-5-3-6-10-19/h3-12,16-17,23,26H,13-15,18H2,1-2H3,(H,29,33)/t23-,26+/m0/s1. The SMILES string of the molecule is COc1cc2c(cc1OC)[C@@H](c1ccccc1)N(CN1C(=O)N[C@@H](Cc3ccccc3)C1=O)CC2. The number of urea groups is 1. The summed E-state index contributed by atoms with van der Waals surface area (Å²) in [6, 6.07) is 22.9. The molecule has 0 radical (unpaired) electrons. The molecule has 0 aromatic heterocycles. The normalized spacial score (nSPS) is 19.9. The Morgan fingerprint density at radius 1 is 0.914 bits per heavy atom. The fraction of sp³-hybridized carbons (Fsp3) is 0.286. The molecule has 1 fully saturated rings. The number of fused-ring (bicyclic) bond motifs is 1. The summed E-state index contributed by atoms with van der Waals surface area (Å²) in [5, 5.41) is 2.87. The monoisotopic (exact) mass is 471 g/mol. The van der Waals surface area contributed by atoms with Crippen LogP contribution in [0.5, 0.6) is 11.5 Å². The highest BCUT2D eigenvalue weighted by molar-refractivity contribution is 6.04. The number of carbonyl (C=O) groups is 2. The first-order valence-electron chi connectivity index (χ1n) is 11.8. The van der Waals surface area contributed by atoms with Crippen LogP contribution < -0.4 is 14.8 Å². The first-order valence-corrected chi connectivity index (χ1v) is 11.8. The Bertz CT molecular complexity index is 1220. The topological polar surface area (TPSA) is 71.1 Å². The molecule has 0 saturated carbocycles. The van der Waals surface area contributed by atoms with E-state index in [1.54, 1.807) is 14.2 Å². The van der Waals surface area contributed by atoms with Crippen LogP contribution in [0.15, 0.2) is 72.8 Å². The molecule has 7 heteroatoms. The number of rotatable bonds is 7. The van der Waals surface area contributed by atoms with Crippen LogP contribution in [0.1, 0.15) is 28.3 Å². The van der Waals surface area contributed by atoms with E-state index in [2.05, 4.69) is 22.3 Å². The predicted molar refractivity (Wildman–Crippen MR) is 132 cm³/mol. The van der Waals surface area contributed by atoms with Crippen LogP contribution in [0.25, 0.3) is 0 Å². The third-order valence-electron chi connectivity index (χ3n) is 6.80. The second-order valence-corrected chi connectivity index (χ2v) is 8.88. The fourth-order valence-corrected chi connectivity index (χ4v) is 5.06. The van der Waals surface area contributed by atoms with E-state index in [1.165, 1.54) is 10.5 Å². The Morgan fingerprint density at radius 3 is 2.26 bits per heavy atom.